The topological polar surface area (TPSA) is 38.5 Å². The van der Waals surface area contributed by atoms with E-state index in [1.54, 1.807) is 0 Å². The van der Waals surface area contributed by atoms with Gasteiger partial charge in [0.05, 0.1) is 12.2 Å². The molecular formula is C7H14N2O. The second-order valence-corrected chi connectivity index (χ2v) is 3.47. The third-order valence-corrected chi connectivity index (χ3v) is 2.64. The van der Waals surface area contributed by atoms with Gasteiger partial charge in [-0.25, -0.2) is 0 Å². The number of hydrogen-bond donors (Lipinski definition) is 1. The summed E-state index contributed by atoms with van der Waals surface area (Å²) in [6.07, 6.45) is 1.15. The second kappa shape index (κ2) is 1.94. The first-order chi connectivity index (χ1) is 4.73. The molecule has 2 aliphatic rings. The van der Waals surface area contributed by atoms with Crippen LogP contribution in [0.5, 0.6) is 0 Å². The van der Waals surface area contributed by atoms with Crippen molar-refractivity contribution in [2.24, 2.45) is 5.73 Å². The van der Waals surface area contributed by atoms with Crippen molar-refractivity contribution in [1.29, 1.82) is 0 Å². The van der Waals surface area contributed by atoms with Gasteiger partial charge in [-0.05, 0) is 7.05 Å². The van der Waals surface area contributed by atoms with E-state index in [0.717, 1.165) is 26.1 Å². The van der Waals surface area contributed by atoms with Gasteiger partial charge in [0.1, 0.15) is 0 Å². The monoisotopic (exact) mass is 142 g/mol. The lowest BCUT2D eigenvalue weighted by molar-refractivity contribution is -0.144. The van der Waals surface area contributed by atoms with Crippen molar-refractivity contribution in [2.75, 3.05) is 26.7 Å². The summed E-state index contributed by atoms with van der Waals surface area (Å²) in [5.74, 6) is 0. The largest absolute Gasteiger partial charge is 0.372 e. The Morgan fingerprint density at radius 3 is 2.60 bits per heavy atom. The molecule has 0 amide bonds. The molecule has 2 rings (SSSR count). The molecule has 0 radical (unpaired) electrons. The fourth-order valence-corrected chi connectivity index (χ4v) is 1.92. The van der Waals surface area contributed by atoms with Crippen LogP contribution >= 0.6 is 0 Å². The van der Waals surface area contributed by atoms with Crippen LogP contribution in [-0.4, -0.2) is 43.3 Å². The zero-order valence-electron chi connectivity index (χ0n) is 6.34. The molecule has 2 fully saturated rings. The molecule has 2 aliphatic heterocycles. The third-order valence-electron chi connectivity index (χ3n) is 2.64. The van der Waals surface area contributed by atoms with Gasteiger partial charge in [0.15, 0.2) is 0 Å². The van der Waals surface area contributed by atoms with E-state index < -0.39 is 0 Å². The van der Waals surface area contributed by atoms with Crippen LogP contribution in [-0.2, 0) is 4.74 Å². The number of nitrogens with zero attached hydrogens (tertiary/aromatic N) is 1. The van der Waals surface area contributed by atoms with Crippen molar-refractivity contribution in [3.63, 3.8) is 0 Å². The fraction of sp³-hybridized carbons (Fsp3) is 1.00. The van der Waals surface area contributed by atoms with E-state index in [4.69, 9.17) is 10.5 Å². The molecule has 2 N–H and O–H groups in total. The second-order valence-electron chi connectivity index (χ2n) is 3.47. The van der Waals surface area contributed by atoms with Gasteiger partial charge in [-0.3, -0.25) is 0 Å². The van der Waals surface area contributed by atoms with Crippen molar-refractivity contribution in [2.45, 2.75) is 18.1 Å². The Kier molecular flexibility index (Phi) is 1.27. The van der Waals surface area contributed by atoms with Crippen LogP contribution in [0.15, 0.2) is 0 Å². The van der Waals surface area contributed by atoms with Gasteiger partial charge in [0.2, 0.25) is 0 Å². The number of likely N-dealkylation sites (tertiary alicyclic amines) is 1. The van der Waals surface area contributed by atoms with E-state index in [-0.39, 0.29) is 11.6 Å². The summed E-state index contributed by atoms with van der Waals surface area (Å²) in [5, 5.41) is 0. The first-order valence-corrected chi connectivity index (χ1v) is 3.81. The molecule has 3 nitrogen and oxygen atoms in total. The highest BCUT2D eigenvalue weighted by molar-refractivity contribution is 5.04. The summed E-state index contributed by atoms with van der Waals surface area (Å²) in [6, 6.07) is 0.242. The van der Waals surface area contributed by atoms with Crippen molar-refractivity contribution in [3.8, 4) is 0 Å². The molecule has 0 saturated carbocycles. The summed E-state index contributed by atoms with van der Waals surface area (Å²) in [4.78, 5) is 2.24. The molecule has 2 unspecified atom stereocenters. The lowest BCUT2D eigenvalue weighted by Crippen LogP contribution is -2.56. The highest BCUT2D eigenvalue weighted by atomic mass is 16.5. The quantitative estimate of drug-likeness (QED) is 0.491. The number of likely N-dealkylation sites (N-methyl/N-ethyl adjacent to an activating group) is 1. The van der Waals surface area contributed by atoms with Crippen molar-refractivity contribution in [1.82, 2.24) is 4.90 Å². The minimum Gasteiger partial charge on any atom is -0.372 e. The SMILES string of the molecule is CN1CC(N)C2(CCO2)C1. The minimum absolute atomic E-state index is 0.0503. The summed E-state index contributed by atoms with van der Waals surface area (Å²) >= 11 is 0. The highest BCUT2D eigenvalue weighted by Gasteiger charge is 2.49. The molecule has 0 aromatic rings. The molecule has 2 heterocycles. The smallest absolute Gasteiger partial charge is 0.0992 e. The summed E-state index contributed by atoms with van der Waals surface area (Å²) < 4.78 is 5.50. The molecule has 2 atom stereocenters. The van der Waals surface area contributed by atoms with Crippen molar-refractivity contribution < 1.29 is 4.74 Å². The molecule has 2 saturated heterocycles. The lowest BCUT2D eigenvalue weighted by atomic mass is 9.90. The van der Waals surface area contributed by atoms with Crippen LogP contribution in [0.25, 0.3) is 0 Å². The van der Waals surface area contributed by atoms with E-state index in [1.807, 2.05) is 0 Å². The maximum absolute atomic E-state index is 5.90. The fourth-order valence-electron chi connectivity index (χ4n) is 1.92. The highest BCUT2D eigenvalue weighted by Crippen LogP contribution is 2.34. The molecular weight excluding hydrogens is 128 g/mol. The Balaban J connectivity index is 2.08. The molecule has 58 valence electrons. The maximum Gasteiger partial charge on any atom is 0.0992 e. The van der Waals surface area contributed by atoms with Crippen molar-refractivity contribution in [3.05, 3.63) is 0 Å². The molecule has 0 aromatic carbocycles. The molecule has 10 heavy (non-hydrogen) atoms. The standard InChI is InChI=1S/C7H14N2O/c1-9-4-6(8)7(5-9)2-3-10-7/h6H,2-5,8H2,1H3. The van der Waals surface area contributed by atoms with Gasteiger partial charge in [0.25, 0.3) is 0 Å². The number of hydrogen-bond acceptors (Lipinski definition) is 3. The lowest BCUT2D eigenvalue weighted by Gasteiger charge is -2.41. The molecule has 0 aromatic heterocycles. The van der Waals surface area contributed by atoms with Gasteiger partial charge in [-0.15, -0.1) is 0 Å². The molecule has 3 heteroatoms. The minimum atomic E-state index is 0.0503. The van der Waals surface area contributed by atoms with Crippen LogP contribution in [0.3, 0.4) is 0 Å². The van der Waals surface area contributed by atoms with Gasteiger partial charge >= 0.3 is 0 Å². The maximum atomic E-state index is 5.90. The summed E-state index contributed by atoms with van der Waals surface area (Å²) in [5.41, 5.74) is 5.95. The van der Waals surface area contributed by atoms with Gasteiger partial charge in [-0.2, -0.15) is 0 Å². The summed E-state index contributed by atoms with van der Waals surface area (Å²) in [6.45, 7) is 2.91. The summed E-state index contributed by atoms with van der Waals surface area (Å²) in [7, 11) is 2.09. The Morgan fingerprint density at radius 1 is 1.70 bits per heavy atom. The predicted octanol–water partition coefficient (Wildman–Crippen LogP) is -0.582. The Morgan fingerprint density at radius 2 is 2.40 bits per heavy atom. The first kappa shape index (κ1) is 6.58. The zero-order chi connectivity index (χ0) is 7.19. The number of nitrogens with two attached hydrogens (primary N) is 1. The van der Waals surface area contributed by atoms with Crippen LogP contribution in [0.4, 0.5) is 0 Å². The molecule has 1 spiro atoms. The van der Waals surface area contributed by atoms with Crippen LogP contribution in [0, 0.1) is 0 Å². The van der Waals surface area contributed by atoms with Gasteiger partial charge in [0, 0.05) is 25.6 Å². The van der Waals surface area contributed by atoms with E-state index in [9.17, 15) is 0 Å². The molecule has 0 bridgehead atoms. The van der Waals surface area contributed by atoms with E-state index >= 15 is 0 Å². The Labute approximate surface area is 61.1 Å². The average molecular weight is 142 g/mol. The van der Waals surface area contributed by atoms with Gasteiger partial charge < -0.3 is 15.4 Å². The van der Waals surface area contributed by atoms with E-state index in [2.05, 4.69) is 11.9 Å². The van der Waals surface area contributed by atoms with Crippen LogP contribution in [0.1, 0.15) is 6.42 Å². The van der Waals surface area contributed by atoms with E-state index in [1.165, 1.54) is 0 Å². The first-order valence-electron chi connectivity index (χ1n) is 3.81. The third kappa shape index (κ3) is 0.713. The number of rotatable bonds is 0. The Hall–Kier alpha value is -0.120. The van der Waals surface area contributed by atoms with Gasteiger partial charge in [-0.1, -0.05) is 0 Å². The van der Waals surface area contributed by atoms with E-state index in [0.29, 0.717) is 0 Å². The Bertz CT molecular complexity index is 145. The molecule has 0 aliphatic carbocycles. The van der Waals surface area contributed by atoms with Crippen LogP contribution < -0.4 is 5.73 Å². The predicted molar refractivity (Wildman–Crippen MR) is 38.8 cm³/mol. The average Bonchev–Trinajstić information content (AvgIpc) is 2.04. The van der Waals surface area contributed by atoms with Crippen molar-refractivity contribution >= 4 is 0 Å². The normalized spacial score (nSPS) is 48.0. The van der Waals surface area contributed by atoms with Crippen LogP contribution in [0.2, 0.25) is 0 Å². The number of ether oxygens (including phenoxy) is 1. The zero-order valence-corrected chi connectivity index (χ0v) is 6.34.